The Labute approximate surface area is 220 Å². The van der Waals surface area contributed by atoms with Gasteiger partial charge >= 0.3 is 6.03 Å². The molecule has 1 aliphatic heterocycles. The van der Waals surface area contributed by atoms with E-state index >= 15 is 0 Å². The maximum absolute atomic E-state index is 12.7. The van der Waals surface area contributed by atoms with Crippen LogP contribution in [0.3, 0.4) is 0 Å². The summed E-state index contributed by atoms with van der Waals surface area (Å²) in [6.45, 7) is 2.11. The molecule has 192 valence electrons. The van der Waals surface area contributed by atoms with Gasteiger partial charge in [-0.25, -0.2) is 13.2 Å². The molecule has 0 spiro atoms. The van der Waals surface area contributed by atoms with Gasteiger partial charge in [-0.2, -0.15) is 0 Å². The number of nitrogens with zero attached hydrogens (tertiary/aromatic N) is 1. The molecule has 35 heavy (non-hydrogen) atoms. The summed E-state index contributed by atoms with van der Waals surface area (Å²) in [5.74, 6) is 0.679. The van der Waals surface area contributed by atoms with Crippen LogP contribution in [0, 0.1) is 5.92 Å². The van der Waals surface area contributed by atoms with E-state index in [1.807, 2.05) is 12.1 Å². The number of carbonyl (C=O) groups is 1. The van der Waals surface area contributed by atoms with Gasteiger partial charge in [0, 0.05) is 29.0 Å². The summed E-state index contributed by atoms with van der Waals surface area (Å²) in [4.78, 5) is 15.5. The Morgan fingerprint density at radius 1 is 1.03 bits per heavy atom. The Hall–Kier alpha value is -1.80. The lowest BCUT2D eigenvalue weighted by molar-refractivity contribution is 0.0859. The molecular weight excluding hydrogens is 505 g/mol. The molecule has 2 atom stereocenters. The summed E-state index contributed by atoms with van der Waals surface area (Å²) in [7, 11) is -3.32. The van der Waals surface area contributed by atoms with Crippen molar-refractivity contribution in [2.75, 3.05) is 24.7 Å². The molecule has 2 aromatic rings. The second-order valence-electron chi connectivity index (χ2n) is 9.67. The lowest BCUT2D eigenvalue weighted by Gasteiger charge is -2.43. The Kier molecular flexibility index (Phi) is 9.87. The van der Waals surface area contributed by atoms with Crippen molar-refractivity contribution >= 4 is 45.6 Å². The van der Waals surface area contributed by atoms with Gasteiger partial charge in [0.25, 0.3) is 0 Å². The van der Waals surface area contributed by atoms with Crippen molar-refractivity contribution in [1.29, 1.82) is 0 Å². The van der Waals surface area contributed by atoms with E-state index in [0.717, 1.165) is 62.9 Å². The standard InChI is InChI=1S/C26H34ClN3O3S.ClH/c1-34(32,33)23-6-4-5-22(18-23)28-26(31)29-24-7-2-3-8-25(24)30-15-13-20(14-16-30)17-19-9-11-21(27)12-10-19;/h4-6,9-12,18,20,24-25H,2-3,7-8,13-17H2,1H3,(H2,28,29,31);1H. The maximum Gasteiger partial charge on any atom is 0.319 e. The topological polar surface area (TPSA) is 78.5 Å². The second-order valence-corrected chi connectivity index (χ2v) is 12.1. The van der Waals surface area contributed by atoms with Gasteiger partial charge in [0.15, 0.2) is 9.84 Å². The van der Waals surface area contributed by atoms with Crippen LogP contribution in [-0.4, -0.2) is 50.8 Å². The molecule has 2 aromatic carbocycles. The maximum atomic E-state index is 12.7. The Balaban J connectivity index is 0.00000342. The fourth-order valence-corrected chi connectivity index (χ4v) is 6.09. The van der Waals surface area contributed by atoms with Crippen molar-refractivity contribution in [3.05, 3.63) is 59.1 Å². The Morgan fingerprint density at radius 2 is 1.71 bits per heavy atom. The number of likely N-dealkylation sites (tertiary alicyclic amines) is 1. The van der Waals surface area contributed by atoms with Crippen LogP contribution < -0.4 is 10.6 Å². The van der Waals surface area contributed by atoms with E-state index in [1.165, 1.54) is 24.1 Å². The first-order valence-electron chi connectivity index (χ1n) is 12.1. The number of carbonyl (C=O) groups excluding carboxylic acids is 1. The second kappa shape index (κ2) is 12.4. The van der Waals surface area contributed by atoms with Crippen LogP contribution in [0.5, 0.6) is 0 Å². The third-order valence-corrected chi connectivity index (χ3v) is 8.48. The molecule has 1 aliphatic carbocycles. The number of urea groups is 1. The molecule has 1 saturated heterocycles. The third kappa shape index (κ3) is 7.84. The molecule has 1 heterocycles. The van der Waals surface area contributed by atoms with E-state index in [-0.39, 0.29) is 29.4 Å². The van der Waals surface area contributed by atoms with E-state index < -0.39 is 9.84 Å². The molecule has 2 amide bonds. The number of halogens is 2. The van der Waals surface area contributed by atoms with Crippen LogP contribution in [0.15, 0.2) is 53.4 Å². The molecule has 9 heteroatoms. The van der Waals surface area contributed by atoms with Crippen molar-refractivity contribution in [2.45, 2.75) is 61.9 Å². The zero-order valence-electron chi connectivity index (χ0n) is 20.1. The summed E-state index contributed by atoms with van der Waals surface area (Å²) >= 11 is 6.01. The van der Waals surface area contributed by atoms with Crippen molar-refractivity contribution in [1.82, 2.24) is 10.2 Å². The molecule has 0 aromatic heterocycles. The van der Waals surface area contributed by atoms with Gasteiger partial charge in [-0.05, 0) is 87.0 Å². The predicted molar refractivity (Wildman–Crippen MR) is 144 cm³/mol. The van der Waals surface area contributed by atoms with Gasteiger partial charge in [0.2, 0.25) is 0 Å². The first-order chi connectivity index (χ1) is 16.3. The van der Waals surface area contributed by atoms with E-state index in [4.69, 9.17) is 11.6 Å². The quantitative estimate of drug-likeness (QED) is 0.504. The summed E-state index contributed by atoms with van der Waals surface area (Å²) < 4.78 is 23.6. The van der Waals surface area contributed by atoms with E-state index in [9.17, 15) is 13.2 Å². The first-order valence-corrected chi connectivity index (χ1v) is 14.4. The van der Waals surface area contributed by atoms with Crippen molar-refractivity contribution in [3.63, 3.8) is 0 Å². The molecule has 0 radical (unpaired) electrons. The monoisotopic (exact) mass is 539 g/mol. The smallest absolute Gasteiger partial charge is 0.319 e. The number of amides is 2. The summed E-state index contributed by atoms with van der Waals surface area (Å²) in [5.41, 5.74) is 1.83. The van der Waals surface area contributed by atoms with Crippen LogP contribution in [0.1, 0.15) is 44.1 Å². The number of piperidine rings is 1. The number of benzene rings is 2. The highest BCUT2D eigenvalue weighted by Crippen LogP contribution is 2.29. The van der Waals surface area contributed by atoms with Gasteiger partial charge in [0.1, 0.15) is 0 Å². The normalized spacial score (nSPS) is 21.7. The molecule has 2 aliphatic rings. The Morgan fingerprint density at radius 3 is 2.40 bits per heavy atom. The van der Waals surface area contributed by atoms with Crippen molar-refractivity contribution in [2.24, 2.45) is 5.92 Å². The van der Waals surface area contributed by atoms with Crippen LogP contribution >= 0.6 is 24.0 Å². The van der Waals surface area contributed by atoms with E-state index in [1.54, 1.807) is 12.1 Å². The molecule has 4 rings (SSSR count). The minimum atomic E-state index is -3.32. The van der Waals surface area contributed by atoms with Crippen LogP contribution in [0.4, 0.5) is 10.5 Å². The van der Waals surface area contributed by atoms with E-state index in [0.29, 0.717) is 17.6 Å². The van der Waals surface area contributed by atoms with Crippen LogP contribution in [0.25, 0.3) is 0 Å². The minimum Gasteiger partial charge on any atom is -0.334 e. The molecule has 2 unspecified atom stereocenters. The zero-order valence-corrected chi connectivity index (χ0v) is 22.5. The summed E-state index contributed by atoms with van der Waals surface area (Å²) in [6, 6.07) is 14.7. The lowest BCUT2D eigenvalue weighted by atomic mass is 9.85. The van der Waals surface area contributed by atoms with Gasteiger partial charge in [-0.1, -0.05) is 42.6 Å². The molecule has 1 saturated carbocycles. The number of sulfone groups is 1. The summed E-state index contributed by atoms with van der Waals surface area (Å²) in [5, 5.41) is 6.78. The predicted octanol–water partition coefficient (Wildman–Crippen LogP) is 5.55. The molecule has 6 nitrogen and oxygen atoms in total. The highest BCUT2D eigenvalue weighted by molar-refractivity contribution is 7.90. The highest BCUT2D eigenvalue weighted by atomic mass is 35.5. The van der Waals surface area contributed by atoms with Crippen molar-refractivity contribution < 1.29 is 13.2 Å². The van der Waals surface area contributed by atoms with Gasteiger partial charge in [-0.3, -0.25) is 4.90 Å². The Bertz CT molecular complexity index is 1090. The molecule has 2 fully saturated rings. The van der Waals surface area contributed by atoms with Gasteiger partial charge in [-0.15, -0.1) is 12.4 Å². The van der Waals surface area contributed by atoms with Crippen LogP contribution in [-0.2, 0) is 16.3 Å². The highest BCUT2D eigenvalue weighted by Gasteiger charge is 2.33. The van der Waals surface area contributed by atoms with Crippen LogP contribution in [0.2, 0.25) is 5.02 Å². The SMILES string of the molecule is CS(=O)(=O)c1cccc(NC(=O)NC2CCCCC2N2CCC(Cc3ccc(Cl)cc3)CC2)c1.Cl. The third-order valence-electron chi connectivity index (χ3n) is 7.12. The summed E-state index contributed by atoms with van der Waals surface area (Å²) in [6.07, 6.45) is 8.93. The zero-order chi connectivity index (χ0) is 24.1. The van der Waals surface area contributed by atoms with Gasteiger partial charge in [0.05, 0.1) is 4.90 Å². The van der Waals surface area contributed by atoms with E-state index in [2.05, 4.69) is 27.7 Å². The average molecular weight is 541 g/mol. The number of hydrogen-bond acceptors (Lipinski definition) is 4. The largest absolute Gasteiger partial charge is 0.334 e. The average Bonchev–Trinajstić information content (AvgIpc) is 2.81. The first kappa shape index (κ1) is 27.8. The van der Waals surface area contributed by atoms with Gasteiger partial charge < -0.3 is 10.6 Å². The molecular formula is C26H35Cl2N3O3S. The number of anilines is 1. The van der Waals surface area contributed by atoms with Crippen molar-refractivity contribution in [3.8, 4) is 0 Å². The fourth-order valence-electron chi connectivity index (χ4n) is 5.30. The number of rotatable bonds is 6. The fraction of sp³-hybridized carbons (Fsp3) is 0.500. The number of hydrogen-bond donors (Lipinski definition) is 2. The number of nitrogens with one attached hydrogen (secondary N) is 2. The lowest BCUT2D eigenvalue weighted by Crippen LogP contribution is -2.55. The minimum absolute atomic E-state index is 0. The molecule has 2 N–H and O–H groups in total. The molecule has 0 bridgehead atoms.